The lowest BCUT2D eigenvalue weighted by Crippen LogP contribution is -2.35. The summed E-state index contributed by atoms with van der Waals surface area (Å²) < 4.78 is 0. The van der Waals surface area contributed by atoms with Crippen molar-refractivity contribution in [1.82, 2.24) is 16.0 Å². The van der Waals surface area contributed by atoms with Crippen LogP contribution in [0.15, 0.2) is 0 Å². The predicted octanol–water partition coefficient (Wildman–Crippen LogP) is -1.48. The Bertz CT molecular complexity index is 316. The first-order chi connectivity index (χ1) is 8.75. The number of carbonyl (C=O) groups is 4. The fourth-order valence-electron chi connectivity index (χ4n) is 0.812. The highest BCUT2D eigenvalue weighted by atomic mass is 16.4. The van der Waals surface area contributed by atoms with Crippen molar-refractivity contribution < 1.29 is 29.4 Å². The number of rotatable bonds is 6. The quantitative estimate of drug-likeness (QED) is 0.323. The summed E-state index contributed by atoms with van der Waals surface area (Å²) in [6.07, 6.45) is -2.27. The molecule has 4 amide bonds. The highest BCUT2D eigenvalue weighted by Crippen LogP contribution is 1.76. The Morgan fingerprint density at radius 1 is 0.947 bits per heavy atom. The Morgan fingerprint density at radius 2 is 1.42 bits per heavy atom. The molecule has 0 fully saturated rings. The maximum atomic E-state index is 11.0. The smallest absolute Gasteiger partial charge is 0.404 e. The third kappa shape index (κ3) is 25.6. The topological polar surface area (TPSA) is 171 Å². The molecule has 10 nitrogen and oxygen atoms in total. The van der Waals surface area contributed by atoms with Crippen molar-refractivity contribution in [3.63, 3.8) is 0 Å². The first kappa shape index (κ1) is 18.8. The van der Waals surface area contributed by atoms with Crippen LogP contribution >= 0.6 is 0 Å². The molecule has 0 bridgehead atoms. The van der Waals surface area contributed by atoms with Crippen LogP contribution in [0.1, 0.15) is 13.3 Å². The molecule has 0 atom stereocenters. The first-order valence-corrected chi connectivity index (χ1v) is 5.22. The van der Waals surface area contributed by atoms with E-state index in [0.29, 0.717) is 0 Å². The third-order valence-corrected chi connectivity index (χ3v) is 1.45. The summed E-state index contributed by atoms with van der Waals surface area (Å²) in [5.41, 5.74) is 4.03. The minimum absolute atomic E-state index is 0.168. The number of carbonyl (C=O) groups excluding carboxylic acids is 2. The number of amides is 4. The standard InChI is InChI=1S/C8H15N3O4.CH3NO2/c1-6(12)9-3-2-7(13)10-4-5-11-8(14)15;2-1(3)4/h11H,2-5H2,1H3,(H,9,12)(H,10,13)(H,14,15);2H2,(H,3,4). The highest BCUT2D eigenvalue weighted by Gasteiger charge is 2.01. The zero-order valence-corrected chi connectivity index (χ0v) is 10.4. The molecular weight excluding hydrogens is 260 g/mol. The van der Waals surface area contributed by atoms with Gasteiger partial charge in [-0.25, -0.2) is 9.59 Å². The van der Waals surface area contributed by atoms with Gasteiger partial charge in [-0.05, 0) is 0 Å². The Morgan fingerprint density at radius 3 is 1.84 bits per heavy atom. The van der Waals surface area contributed by atoms with Gasteiger partial charge in [0.2, 0.25) is 11.8 Å². The summed E-state index contributed by atoms with van der Waals surface area (Å²) >= 11 is 0. The van der Waals surface area contributed by atoms with Gasteiger partial charge in [0.1, 0.15) is 0 Å². The van der Waals surface area contributed by atoms with Crippen molar-refractivity contribution in [3.8, 4) is 0 Å². The SMILES string of the molecule is CC(=O)NCCC(=O)NCCNC(=O)O.NC(=O)O. The van der Waals surface area contributed by atoms with Gasteiger partial charge in [-0.3, -0.25) is 9.59 Å². The second-order valence-electron chi connectivity index (χ2n) is 3.15. The van der Waals surface area contributed by atoms with Crippen molar-refractivity contribution >= 4 is 24.0 Å². The number of hydrogen-bond donors (Lipinski definition) is 6. The van der Waals surface area contributed by atoms with Crippen LogP contribution < -0.4 is 21.7 Å². The van der Waals surface area contributed by atoms with Gasteiger partial charge in [0, 0.05) is 33.0 Å². The number of nitrogens with two attached hydrogens (primary N) is 1. The molecular formula is C9H18N4O6. The molecule has 0 saturated heterocycles. The van der Waals surface area contributed by atoms with Crippen LogP contribution in [-0.4, -0.2) is 53.8 Å². The Balaban J connectivity index is 0. The van der Waals surface area contributed by atoms with E-state index in [1.807, 2.05) is 0 Å². The van der Waals surface area contributed by atoms with Crippen molar-refractivity contribution in [2.24, 2.45) is 5.73 Å². The Hall–Kier alpha value is -2.52. The number of nitrogens with one attached hydrogen (secondary N) is 3. The van der Waals surface area contributed by atoms with Crippen molar-refractivity contribution in [2.45, 2.75) is 13.3 Å². The fraction of sp³-hybridized carbons (Fsp3) is 0.556. The molecule has 0 spiro atoms. The third-order valence-electron chi connectivity index (χ3n) is 1.45. The monoisotopic (exact) mass is 278 g/mol. The lowest BCUT2D eigenvalue weighted by Gasteiger charge is -2.05. The lowest BCUT2D eigenvalue weighted by molar-refractivity contribution is -0.121. The van der Waals surface area contributed by atoms with Crippen LogP contribution in [0.3, 0.4) is 0 Å². The Kier molecular flexibility index (Phi) is 11.8. The molecule has 0 rings (SSSR count). The van der Waals surface area contributed by atoms with Crippen molar-refractivity contribution in [1.29, 1.82) is 0 Å². The van der Waals surface area contributed by atoms with Crippen molar-refractivity contribution in [2.75, 3.05) is 19.6 Å². The average molecular weight is 278 g/mol. The van der Waals surface area contributed by atoms with E-state index in [1.165, 1.54) is 6.92 Å². The summed E-state index contributed by atoms with van der Waals surface area (Å²) in [7, 11) is 0. The molecule has 19 heavy (non-hydrogen) atoms. The van der Waals surface area contributed by atoms with Gasteiger partial charge in [-0.2, -0.15) is 0 Å². The van der Waals surface area contributed by atoms with Crippen LogP contribution in [0.2, 0.25) is 0 Å². The molecule has 110 valence electrons. The van der Waals surface area contributed by atoms with E-state index in [-0.39, 0.29) is 37.9 Å². The van der Waals surface area contributed by atoms with Gasteiger partial charge in [-0.15, -0.1) is 0 Å². The molecule has 0 aromatic carbocycles. The minimum atomic E-state index is -1.33. The van der Waals surface area contributed by atoms with Gasteiger partial charge < -0.3 is 31.9 Å². The molecule has 7 N–H and O–H groups in total. The summed E-state index contributed by atoms with van der Waals surface area (Å²) in [5, 5.41) is 22.5. The molecule has 0 saturated carbocycles. The maximum absolute atomic E-state index is 11.0. The summed E-state index contributed by atoms with van der Waals surface area (Å²) in [6, 6.07) is 0. The summed E-state index contributed by atoms with van der Waals surface area (Å²) in [5.74, 6) is -0.411. The lowest BCUT2D eigenvalue weighted by atomic mass is 10.4. The van der Waals surface area contributed by atoms with E-state index in [4.69, 9.17) is 15.0 Å². The second-order valence-corrected chi connectivity index (χ2v) is 3.15. The molecule has 0 heterocycles. The second kappa shape index (κ2) is 12.0. The van der Waals surface area contributed by atoms with E-state index >= 15 is 0 Å². The number of hydrogen-bond acceptors (Lipinski definition) is 4. The number of primary amides is 1. The van der Waals surface area contributed by atoms with Gasteiger partial charge in [0.15, 0.2) is 0 Å². The maximum Gasteiger partial charge on any atom is 0.404 e. The molecule has 0 aliphatic rings. The van der Waals surface area contributed by atoms with Crippen LogP contribution in [0.5, 0.6) is 0 Å². The van der Waals surface area contributed by atoms with Gasteiger partial charge in [0.05, 0.1) is 0 Å². The van der Waals surface area contributed by atoms with Crippen molar-refractivity contribution in [3.05, 3.63) is 0 Å². The van der Waals surface area contributed by atoms with E-state index in [2.05, 4.69) is 21.7 Å². The largest absolute Gasteiger partial charge is 0.465 e. The average Bonchev–Trinajstić information content (AvgIpc) is 2.22. The van der Waals surface area contributed by atoms with Crippen LogP contribution in [0, 0.1) is 0 Å². The molecule has 0 unspecified atom stereocenters. The van der Waals surface area contributed by atoms with Crippen LogP contribution in [0.25, 0.3) is 0 Å². The first-order valence-electron chi connectivity index (χ1n) is 5.22. The summed E-state index contributed by atoms with van der Waals surface area (Å²) in [4.78, 5) is 40.3. The fourth-order valence-corrected chi connectivity index (χ4v) is 0.812. The zero-order valence-electron chi connectivity index (χ0n) is 10.4. The molecule has 0 aliphatic heterocycles. The predicted molar refractivity (Wildman–Crippen MR) is 64.6 cm³/mol. The normalized spacial score (nSPS) is 8.47. The molecule has 0 aliphatic carbocycles. The Labute approximate surface area is 109 Å². The zero-order chi connectivity index (χ0) is 15.3. The minimum Gasteiger partial charge on any atom is -0.465 e. The molecule has 0 radical (unpaired) electrons. The molecule has 0 aromatic heterocycles. The van der Waals surface area contributed by atoms with E-state index in [1.54, 1.807) is 0 Å². The van der Waals surface area contributed by atoms with Crippen LogP contribution in [-0.2, 0) is 9.59 Å². The van der Waals surface area contributed by atoms with Gasteiger partial charge in [-0.1, -0.05) is 0 Å². The highest BCUT2D eigenvalue weighted by molar-refractivity contribution is 5.77. The van der Waals surface area contributed by atoms with Gasteiger partial charge >= 0.3 is 12.2 Å². The van der Waals surface area contributed by atoms with E-state index in [0.717, 1.165) is 0 Å². The molecule has 10 heteroatoms. The summed E-state index contributed by atoms with van der Waals surface area (Å²) in [6.45, 7) is 2.06. The molecule has 0 aromatic rings. The van der Waals surface area contributed by atoms with E-state index < -0.39 is 12.2 Å². The van der Waals surface area contributed by atoms with Gasteiger partial charge in [0.25, 0.3) is 0 Å². The van der Waals surface area contributed by atoms with Crippen LogP contribution in [0.4, 0.5) is 9.59 Å². The van der Waals surface area contributed by atoms with E-state index in [9.17, 15) is 14.4 Å². The number of carboxylic acid groups (broad SMARTS) is 2.